The van der Waals surface area contributed by atoms with Gasteiger partial charge in [-0.2, -0.15) is 0 Å². The number of guanidine groups is 1. The average Bonchev–Trinajstić information content (AvgIpc) is 2.74. The Hall–Kier alpha value is -1.71. The van der Waals surface area contributed by atoms with Crippen LogP contribution in [-0.2, 0) is 11.3 Å². The number of rotatable bonds is 13. The molecule has 0 heterocycles. The van der Waals surface area contributed by atoms with E-state index >= 15 is 0 Å². The van der Waals surface area contributed by atoms with Gasteiger partial charge < -0.3 is 25.4 Å². The van der Waals surface area contributed by atoms with Crippen molar-refractivity contribution >= 4 is 35.8 Å². The minimum absolute atomic E-state index is 0. The number of ether oxygens (including phenoxy) is 2. The van der Waals surface area contributed by atoms with E-state index in [1.807, 2.05) is 25.1 Å². The molecule has 0 spiro atoms. The van der Waals surface area contributed by atoms with E-state index in [-0.39, 0.29) is 36.5 Å². The maximum Gasteiger partial charge on any atom is 0.257 e. The van der Waals surface area contributed by atoms with Gasteiger partial charge in [0.2, 0.25) is 0 Å². The Morgan fingerprint density at radius 3 is 2.50 bits per heavy atom. The Morgan fingerprint density at radius 1 is 1.13 bits per heavy atom. The standard InChI is InChI=1S/C22H38N4O3.HI/c1-6-9-10-17(7-2)14-25-22(23-4)26-15-18-11-12-19(20(13-18)28-5)29-16-21(27)24-8-3;/h11-13,17H,6-10,14-16H2,1-5H3,(H,24,27)(H2,23,25,26);1H. The molecule has 8 heteroatoms. The van der Waals surface area contributed by atoms with Crippen molar-refractivity contribution in [1.29, 1.82) is 0 Å². The predicted molar refractivity (Wildman–Crippen MR) is 134 cm³/mol. The molecule has 0 aliphatic heterocycles. The lowest BCUT2D eigenvalue weighted by molar-refractivity contribution is -0.123. The van der Waals surface area contributed by atoms with Gasteiger partial charge in [0.05, 0.1) is 7.11 Å². The van der Waals surface area contributed by atoms with Gasteiger partial charge in [0.25, 0.3) is 5.91 Å². The third kappa shape index (κ3) is 10.9. The second-order valence-corrected chi connectivity index (χ2v) is 6.95. The summed E-state index contributed by atoms with van der Waals surface area (Å²) in [6, 6.07) is 5.68. The van der Waals surface area contributed by atoms with E-state index in [0.717, 1.165) is 18.1 Å². The highest BCUT2D eigenvalue weighted by atomic mass is 127. The molecule has 1 amide bonds. The van der Waals surface area contributed by atoms with Gasteiger partial charge >= 0.3 is 0 Å². The molecule has 0 fully saturated rings. The van der Waals surface area contributed by atoms with Crippen LogP contribution in [0.25, 0.3) is 0 Å². The second-order valence-electron chi connectivity index (χ2n) is 6.95. The molecule has 1 rings (SSSR count). The number of carbonyl (C=O) groups is 1. The monoisotopic (exact) mass is 534 g/mol. The zero-order valence-electron chi connectivity index (χ0n) is 19.0. The van der Waals surface area contributed by atoms with Crippen molar-refractivity contribution in [1.82, 2.24) is 16.0 Å². The van der Waals surface area contributed by atoms with Gasteiger partial charge in [0.1, 0.15) is 0 Å². The summed E-state index contributed by atoms with van der Waals surface area (Å²) in [7, 11) is 3.37. The largest absolute Gasteiger partial charge is 0.493 e. The fourth-order valence-electron chi connectivity index (χ4n) is 2.92. The summed E-state index contributed by atoms with van der Waals surface area (Å²) in [5.74, 6) is 2.44. The Morgan fingerprint density at radius 2 is 1.90 bits per heavy atom. The van der Waals surface area contributed by atoms with Crippen molar-refractivity contribution in [2.24, 2.45) is 10.9 Å². The topological polar surface area (TPSA) is 84.0 Å². The molecule has 1 atom stereocenters. The highest BCUT2D eigenvalue weighted by Crippen LogP contribution is 2.28. The molecule has 0 aliphatic carbocycles. The van der Waals surface area contributed by atoms with Crippen LogP contribution < -0.4 is 25.4 Å². The summed E-state index contributed by atoms with van der Waals surface area (Å²) >= 11 is 0. The number of amides is 1. The Kier molecular flexibility index (Phi) is 16.0. The number of hydrogen-bond donors (Lipinski definition) is 3. The number of likely N-dealkylation sites (N-methyl/N-ethyl adjacent to an activating group) is 1. The number of nitrogens with one attached hydrogen (secondary N) is 3. The first-order valence-electron chi connectivity index (χ1n) is 10.6. The molecule has 0 aromatic heterocycles. The van der Waals surface area contributed by atoms with Crippen molar-refractivity contribution < 1.29 is 14.3 Å². The molecule has 172 valence electrons. The summed E-state index contributed by atoms with van der Waals surface area (Å²) in [5.41, 5.74) is 1.04. The number of unbranched alkanes of at least 4 members (excludes halogenated alkanes) is 1. The lowest BCUT2D eigenvalue weighted by Gasteiger charge is -2.18. The van der Waals surface area contributed by atoms with Gasteiger partial charge in [-0.05, 0) is 37.0 Å². The fraction of sp³-hybridized carbons (Fsp3) is 0.636. The van der Waals surface area contributed by atoms with Crippen LogP contribution in [0.4, 0.5) is 0 Å². The van der Waals surface area contributed by atoms with Crippen LogP contribution in [0.1, 0.15) is 52.0 Å². The molecule has 1 aromatic carbocycles. The summed E-state index contributed by atoms with van der Waals surface area (Å²) in [5, 5.41) is 9.46. The predicted octanol–water partition coefficient (Wildman–Crippen LogP) is 3.71. The molecule has 0 radical (unpaired) electrons. The maximum absolute atomic E-state index is 11.6. The third-order valence-corrected chi connectivity index (χ3v) is 4.75. The number of aliphatic imine (C=N–C) groups is 1. The van der Waals surface area contributed by atoms with Gasteiger partial charge in [-0.1, -0.05) is 39.2 Å². The van der Waals surface area contributed by atoms with E-state index in [4.69, 9.17) is 9.47 Å². The minimum atomic E-state index is -0.153. The molecule has 0 aliphatic rings. The highest BCUT2D eigenvalue weighted by Gasteiger charge is 2.10. The van der Waals surface area contributed by atoms with Crippen molar-refractivity contribution in [3.63, 3.8) is 0 Å². The van der Waals surface area contributed by atoms with Crippen molar-refractivity contribution in [2.75, 3.05) is 33.9 Å². The quantitative estimate of drug-likeness (QED) is 0.204. The lowest BCUT2D eigenvalue weighted by Crippen LogP contribution is -2.39. The second kappa shape index (κ2) is 17.0. The van der Waals surface area contributed by atoms with Crippen molar-refractivity contribution in [3.8, 4) is 11.5 Å². The molecular weight excluding hydrogens is 495 g/mol. The van der Waals surface area contributed by atoms with E-state index in [1.54, 1.807) is 14.2 Å². The summed E-state index contributed by atoms with van der Waals surface area (Å²) in [6.45, 7) is 8.41. The average molecular weight is 534 g/mol. The first kappa shape index (κ1) is 28.3. The first-order valence-corrected chi connectivity index (χ1v) is 10.6. The smallest absolute Gasteiger partial charge is 0.257 e. The van der Waals surface area contributed by atoms with Gasteiger partial charge in [-0.15, -0.1) is 24.0 Å². The van der Waals surface area contributed by atoms with Crippen LogP contribution in [0, 0.1) is 5.92 Å². The number of halogens is 1. The van der Waals surface area contributed by atoms with Crippen molar-refractivity contribution in [2.45, 2.75) is 53.0 Å². The van der Waals surface area contributed by atoms with Gasteiger partial charge in [-0.25, -0.2) is 0 Å². The number of hydrogen-bond acceptors (Lipinski definition) is 4. The Bertz CT molecular complexity index is 641. The number of carbonyl (C=O) groups excluding carboxylic acids is 1. The van der Waals surface area contributed by atoms with Gasteiger partial charge in [-0.3, -0.25) is 9.79 Å². The molecular formula is C22H39IN4O3. The zero-order valence-corrected chi connectivity index (χ0v) is 21.4. The van der Waals surface area contributed by atoms with E-state index in [1.165, 1.54) is 25.7 Å². The van der Waals surface area contributed by atoms with Crippen LogP contribution in [0.3, 0.4) is 0 Å². The number of methoxy groups -OCH3 is 1. The third-order valence-electron chi connectivity index (χ3n) is 4.75. The fourth-order valence-corrected chi connectivity index (χ4v) is 2.92. The molecule has 7 nitrogen and oxygen atoms in total. The van der Waals surface area contributed by atoms with Crippen LogP contribution in [0.5, 0.6) is 11.5 Å². The van der Waals surface area contributed by atoms with E-state index in [0.29, 0.717) is 30.5 Å². The Balaban J connectivity index is 0.00000841. The molecule has 0 saturated carbocycles. The molecule has 1 unspecified atom stereocenters. The van der Waals surface area contributed by atoms with Crippen LogP contribution in [0.2, 0.25) is 0 Å². The van der Waals surface area contributed by atoms with Gasteiger partial charge in [0.15, 0.2) is 24.1 Å². The SMILES string of the molecule is CCCCC(CC)CNC(=NC)NCc1ccc(OCC(=O)NCC)c(OC)c1.I. The van der Waals surface area contributed by atoms with E-state index in [2.05, 4.69) is 34.8 Å². The summed E-state index contributed by atoms with van der Waals surface area (Å²) < 4.78 is 11.0. The highest BCUT2D eigenvalue weighted by molar-refractivity contribution is 14.0. The maximum atomic E-state index is 11.6. The zero-order chi connectivity index (χ0) is 21.5. The number of benzene rings is 1. The van der Waals surface area contributed by atoms with Crippen LogP contribution in [-0.4, -0.2) is 45.7 Å². The molecule has 0 saturated heterocycles. The van der Waals surface area contributed by atoms with E-state index in [9.17, 15) is 4.79 Å². The van der Waals surface area contributed by atoms with Crippen LogP contribution >= 0.6 is 24.0 Å². The number of nitrogens with zero attached hydrogens (tertiary/aromatic N) is 1. The normalized spacial score (nSPS) is 11.8. The molecule has 1 aromatic rings. The summed E-state index contributed by atoms with van der Waals surface area (Å²) in [6.07, 6.45) is 4.90. The first-order chi connectivity index (χ1) is 14.1. The summed E-state index contributed by atoms with van der Waals surface area (Å²) in [4.78, 5) is 15.9. The van der Waals surface area contributed by atoms with Gasteiger partial charge in [0, 0.05) is 26.7 Å². The molecule has 0 bridgehead atoms. The van der Waals surface area contributed by atoms with Crippen LogP contribution in [0.15, 0.2) is 23.2 Å². The van der Waals surface area contributed by atoms with E-state index < -0.39 is 0 Å². The lowest BCUT2D eigenvalue weighted by atomic mass is 9.99. The Labute approximate surface area is 198 Å². The molecule has 30 heavy (non-hydrogen) atoms. The minimum Gasteiger partial charge on any atom is -0.493 e. The van der Waals surface area contributed by atoms with Crippen molar-refractivity contribution in [3.05, 3.63) is 23.8 Å². The molecule has 3 N–H and O–H groups in total.